The smallest absolute Gasteiger partial charge is 0.227 e. The predicted octanol–water partition coefficient (Wildman–Crippen LogP) is 5.21. The van der Waals surface area contributed by atoms with E-state index in [0.29, 0.717) is 24.5 Å². The average Bonchev–Trinajstić information content (AvgIpc) is 2.80. The molecule has 4 rings (SSSR count). The van der Waals surface area contributed by atoms with Crippen LogP contribution in [0.3, 0.4) is 0 Å². The number of rotatable bonds is 5. The highest BCUT2D eigenvalue weighted by atomic mass is 35.5. The number of hydrogen-bond acceptors (Lipinski definition) is 3. The summed E-state index contributed by atoms with van der Waals surface area (Å²) in [6, 6.07) is 17.9. The highest BCUT2D eigenvalue weighted by molar-refractivity contribution is 6.31. The van der Waals surface area contributed by atoms with Crippen molar-refractivity contribution >= 4 is 17.5 Å². The first-order valence-corrected chi connectivity index (χ1v) is 10.4. The number of carbonyl (C=O) groups is 1. The molecule has 0 bridgehead atoms. The number of halogens is 2. The molecule has 0 saturated heterocycles. The van der Waals surface area contributed by atoms with E-state index in [9.17, 15) is 9.18 Å². The molecule has 0 N–H and O–H groups in total. The second-order valence-corrected chi connectivity index (χ2v) is 7.84. The molecule has 1 aliphatic heterocycles. The molecule has 1 aliphatic rings. The van der Waals surface area contributed by atoms with Gasteiger partial charge in [0, 0.05) is 17.1 Å². The molecule has 0 fully saturated rings. The maximum Gasteiger partial charge on any atom is 0.227 e. The zero-order valence-electron chi connectivity index (χ0n) is 17.4. The Kier molecular flexibility index (Phi) is 6.14. The molecule has 1 heterocycles. The highest BCUT2D eigenvalue weighted by Crippen LogP contribution is 2.41. The molecule has 0 aromatic heterocycles. The Hall–Kier alpha value is -3.05. The Labute approximate surface area is 186 Å². The predicted molar refractivity (Wildman–Crippen MR) is 118 cm³/mol. The number of nitrogens with zero attached hydrogens (tertiary/aromatic N) is 1. The minimum atomic E-state index is -0.471. The van der Waals surface area contributed by atoms with Crippen molar-refractivity contribution in [2.45, 2.75) is 18.9 Å². The van der Waals surface area contributed by atoms with Crippen LogP contribution in [0.1, 0.15) is 28.3 Å². The number of hydrogen-bond donors (Lipinski definition) is 0. The topological polar surface area (TPSA) is 38.8 Å². The monoisotopic (exact) mass is 439 g/mol. The molecular formula is C25H23ClFNO3. The number of methoxy groups -OCH3 is 2. The molecular weight excluding hydrogens is 417 g/mol. The van der Waals surface area contributed by atoms with Crippen LogP contribution in [-0.4, -0.2) is 31.6 Å². The molecule has 160 valence electrons. The summed E-state index contributed by atoms with van der Waals surface area (Å²) in [7, 11) is 3.20. The third-order valence-electron chi connectivity index (χ3n) is 5.70. The Morgan fingerprint density at radius 1 is 1.06 bits per heavy atom. The minimum Gasteiger partial charge on any atom is -0.493 e. The van der Waals surface area contributed by atoms with E-state index >= 15 is 0 Å². The van der Waals surface area contributed by atoms with Gasteiger partial charge in [0.1, 0.15) is 5.82 Å². The number of carbonyl (C=O) groups excluding carboxylic acids is 1. The summed E-state index contributed by atoms with van der Waals surface area (Å²) in [5.74, 6) is 0.613. The Bertz CT molecular complexity index is 1080. The second-order valence-electron chi connectivity index (χ2n) is 7.43. The molecule has 0 spiro atoms. The normalized spacial score (nSPS) is 15.4. The van der Waals surface area contributed by atoms with Gasteiger partial charge in [-0.1, -0.05) is 48.0 Å². The van der Waals surface area contributed by atoms with Crippen LogP contribution in [0.2, 0.25) is 5.02 Å². The Morgan fingerprint density at radius 2 is 1.77 bits per heavy atom. The van der Waals surface area contributed by atoms with Crippen molar-refractivity contribution in [3.8, 4) is 11.5 Å². The number of benzene rings is 3. The molecule has 0 unspecified atom stereocenters. The van der Waals surface area contributed by atoms with Gasteiger partial charge >= 0.3 is 0 Å². The summed E-state index contributed by atoms with van der Waals surface area (Å²) in [6.45, 7) is 0.507. The van der Waals surface area contributed by atoms with Gasteiger partial charge in [0.2, 0.25) is 5.91 Å². The van der Waals surface area contributed by atoms with Crippen molar-refractivity contribution in [2.24, 2.45) is 0 Å². The largest absolute Gasteiger partial charge is 0.493 e. The van der Waals surface area contributed by atoms with Gasteiger partial charge in [-0.3, -0.25) is 4.79 Å². The fourth-order valence-electron chi connectivity index (χ4n) is 4.16. The molecule has 3 aromatic carbocycles. The lowest BCUT2D eigenvalue weighted by Crippen LogP contribution is -2.41. The van der Waals surface area contributed by atoms with Crippen LogP contribution in [0.5, 0.6) is 11.5 Å². The lowest BCUT2D eigenvalue weighted by molar-refractivity contribution is -0.132. The quantitative estimate of drug-likeness (QED) is 0.547. The average molecular weight is 440 g/mol. The SMILES string of the molecule is COc1cc2c(cc1OC)[C@@H](c1ccccc1)N(C(=O)Cc1c(F)cccc1Cl)CC2. The minimum absolute atomic E-state index is 0.0997. The van der Waals surface area contributed by atoms with Crippen molar-refractivity contribution in [3.63, 3.8) is 0 Å². The summed E-state index contributed by atoms with van der Waals surface area (Å²) in [5.41, 5.74) is 3.27. The maximum atomic E-state index is 14.3. The first-order valence-electron chi connectivity index (χ1n) is 10.1. The zero-order chi connectivity index (χ0) is 22.0. The van der Waals surface area contributed by atoms with Gasteiger partial charge in [0.05, 0.1) is 26.7 Å². The first-order chi connectivity index (χ1) is 15.0. The van der Waals surface area contributed by atoms with Crippen LogP contribution < -0.4 is 9.47 Å². The third-order valence-corrected chi connectivity index (χ3v) is 6.05. The summed E-state index contributed by atoms with van der Waals surface area (Å²) < 4.78 is 25.3. The lowest BCUT2D eigenvalue weighted by Gasteiger charge is -2.38. The van der Waals surface area contributed by atoms with Gasteiger partial charge in [-0.2, -0.15) is 0 Å². The van der Waals surface area contributed by atoms with E-state index in [1.54, 1.807) is 25.2 Å². The number of fused-ring (bicyclic) bond motifs is 1. The molecule has 31 heavy (non-hydrogen) atoms. The van der Waals surface area contributed by atoms with Gasteiger partial charge in [-0.15, -0.1) is 0 Å². The Morgan fingerprint density at radius 3 is 2.45 bits per heavy atom. The van der Waals surface area contributed by atoms with Crippen LogP contribution in [-0.2, 0) is 17.6 Å². The van der Waals surface area contributed by atoms with Gasteiger partial charge in [-0.25, -0.2) is 4.39 Å². The van der Waals surface area contributed by atoms with E-state index in [-0.39, 0.29) is 29.0 Å². The maximum absolute atomic E-state index is 14.3. The van der Waals surface area contributed by atoms with Crippen molar-refractivity contribution < 1.29 is 18.7 Å². The van der Waals surface area contributed by atoms with E-state index in [1.807, 2.05) is 42.5 Å². The van der Waals surface area contributed by atoms with E-state index in [0.717, 1.165) is 16.7 Å². The van der Waals surface area contributed by atoms with Gasteiger partial charge in [0.25, 0.3) is 0 Å². The molecule has 1 amide bonds. The van der Waals surface area contributed by atoms with Crippen LogP contribution in [0.15, 0.2) is 60.7 Å². The van der Waals surface area contributed by atoms with Crippen LogP contribution in [0.4, 0.5) is 4.39 Å². The van der Waals surface area contributed by atoms with Gasteiger partial charge in [0.15, 0.2) is 11.5 Å². The summed E-state index contributed by atoms with van der Waals surface area (Å²) in [4.78, 5) is 15.2. The van der Waals surface area contributed by atoms with Crippen molar-refractivity contribution in [3.05, 3.63) is 93.8 Å². The summed E-state index contributed by atoms with van der Waals surface area (Å²) in [5, 5.41) is 0.258. The van der Waals surface area contributed by atoms with Gasteiger partial charge in [-0.05, 0) is 47.4 Å². The molecule has 6 heteroatoms. The fourth-order valence-corrected chi connectivity index (χ4v) is 4.39. The van der Waals surface area contributed by atoms with Gasteiger partial charge < -0.3 is 14.4 Å². The second kappa shape index (κ2) is 8.98. The number of amides is 1. The van der Waals surface area contributed by atoms with Crippen LogP contribution >= 0.6 is 11.6 Å². The van der Waals surface area contributed by atoms with E-state index in [2.05, 4.69) is 0 Å². The first kappa shape index (κ1) is 21.2. The molecule has 3 aromatic rings. The summed E-state index contributed by atoms with van der Waals surface area (Å²) in [6.07, 6.45) is 0.563. The molecule has 0 saturated carbocycles. The molecule has 1 atom stereocenters. The third kappa shape index (κ3) is 4.10. The van der Waals surface area contributed by atoms with Crippen LogP contribution in [0.25, 0.3) is 0 Å². The lowest BCUT2D eigenvalue weighted by atomic mass is 9.87. The van der Waals surface area contributed by atoms with E-state index in [1.165, 1.54) is 12.1 Å². The standard InChI is InChI=1S/C25H23ClFNO3/c1-30-22-13-17-11-12-28(24(29)15-19-20(26)9-6-10-21(19)27)25(16-7-4-3-5-8-16)18(17)14-23(22)31-2/h3-10,13-14,25H,11-12,15H2,1-2H3/t25-/m1/s1. The van der Waals surface area contributed by atoms with Crippen molar-refractivity contribution in [2.75, 3.05) is 20.8 Å². The molecule has 4 nitrogen and oxygen atoms in total. The van der Waals surface area contributed by atoms with E-state index in [4.69, 9.17) is 21.1 Å². The highest BCUT2D eigenvalue weighted by Gasteiger charge is 2.33. The van der Waals surface area contributed by atoms with Crippen LogP contribution in [0, 0.1) is 5.82 Å². The van der Waals surface area contributed by atoms with Crippen molar-refractivity contribution in [1.29, 1.82) is 0 Å². The fraction of sp³-hybridized carbons (Fsp3) is 0.240. The summed E-state index contributed by atoms with van der Waals surface area (Å²) >= 11 is 6.18. The Balaban J connectivity index is 1.77. The molecule has 0 aliphatic carbocycles. The zero-order valence-corrected chi connectivity index (χ0v) is 18.2. The van der Waals surface area contributed by atoms with E-state index < -0.39 is 5.82 Å². The molecule has 0 radical (unpaired) electrons. The number of ether oxygens (including phenoxy) is 2. The van der Waals surface area contributed by atoms with Crippen molar-refractivity contribution in [1.82, 2.24) is 4.90 Å².